The van der Waals surface area contributed by atoms with Gasteiger partial charge in [0.15, 0.2) is 0 Å². The normalized spacial score (nSPS) is 11.7. The van der Waals surface area contributed by atoms with Gasteiger partial charge >= 0.3 is 0 Å². The van der Waals surface area contributed by atoms with Crippen LogP contribution in [0.1, 0.15) is 26.3 Å². The number of nitrogens with zero attached hydrogens (tertiary/aromatic N) is 2. The van der Waals surface area contributed by atoms with Crippen LogP contribution in [0.3, 0.4) is 0 Å². The molecule has 0 radical (unpaired) electrons. The number of benzene rings is 9. The largest absolute Gasteiger partial charge is 0.309 e. The Kier molecular flexibility index (Phi) is 9.78. The molecule has 2 heterocycles. The zero-order valence-electron chi connectivity index (χ0n) is 36.4. The summed E-state index contributed by atoms with van der Waals surface area (Å²) in [6.45, 7) is 6.86. The van der Waals surface area contributed by atoms with Gasteiger partial charge in [0.2, 0.25) is 0 Å². The van der Waals surface area contributed by atoms with Crippen molar-refractivity contribution in [2.24, 2.45) is 0 Å². The van der Waals surface area contributed by atoms with Gasteiger partial charge in [0.1, 0.15) is 0 Å². The molecular weight excluding hydrogens is 773 g/mol. The molecule has 0 saturated carbocycles. The smallest absolute Gasteiger partial charge is 0.0535 e. The molecule has 0 atom stereocenters. The van der Waals surface area contributed by atoms with Gasteiger partial charge < -0.3 is 9.13 Å². The van der Waals surface area contributed by atoms with Crippen molar-refractivity contribution in [2.45, 2.75) is 26.2 Å². The van der Waals surface area contributed by atoms with Gasteiger partial charge in [0, 0.05) is 11.4 Å². The van der Waals surface area contributed by atoms with Crippen molar-refractivity contribution in [3.8, 4) is 78.7 Å². The number of hydrogen-bond acceptors (Lipinski definition) is 0. The molecule has 306 valence electrons. The number of rotatable bonds is 8. The Hall–Kier alpha value is -7.94. The molecule has 0 aliphatic rings. The summed E-state index contributed by atoms with van der Waals surface area (Å²) in [5, 5.41) is 4.84. The van der Waals surface area contributed by atoms with Gasteiger partial charge in [-0.1, -0.05) is 209 Å². The van der Waals surface area contributed by atoms with Crippen LogP contribution in [0.15, 0.2) is 237 Å². The van der Waals surface area contributed by atoms with E-state index in [1.54, 1.807) is 0 Å². The van der Waals surface area contributed by atoms with Gasteiger partial charge in [-0.25, -0.2) is 0 Å². The highest BCUT2D eigenvalue weighted by molar-refractivity contribution is 6.22. The molecule has 0 saturated heterocycles. The van der Waals surface area contributed by atoms with E-state index in [0.717, 1.165) is 34.2 Å². The number of aromatic nitrogens is 2. The van der Waals surface area contributed by atoms with Crippen molar-refractivity contribution in [1.29, 1.82) is 0 Å². The number of fused-ring (bicyclic) bond motifs is 2. The molecular formula is C62H48N2. The predicted octanol–water partition coefficient (Wildman–Crippen LogP) is 16.9. The standard InChI is InChI=1S/C62H48N2/c1-62(2,3)49-31-29-48(30-32-49)61-53-36-34-50(63-56(43-19-9-4-10-20-43)37-38-57(63)44-21-11-5-12-22-44)41-54(53)60(47-27-17-8-18-28-47)52-35-33-51(42-55(52)61)64-58(45-23-13-6-14-24-45)39-40-59(64)46-25-15-7-16-26-46/h4-42H,1-3H3. The highest BCUT2D eigenvalue weighted by Gasteiger charge is 2.23. The predicted molar refractivity (Wildman–Crippen MR) is 271 cm³/mol. The lowest BCUT2D eigenvalue weighted by atomic mass is 9.83. The summed E-state index contributed by atoms with van der Waals surface area (Å²) in [6.07, 6.45) is 0. The summed E-state index contributed by atoms with van der Waals surface area (Å²) in [4.78, 5) is 0. The van der Waals surface area contributed by atoms with Crippen LogP contribution in [0.5, 0.6) is 0 Å². The third-order valence-electron chi connectivity index (χ3n) is 12.7. The molecule has 2 heteroatoms. The fourth-order valence-corrected chi connectivity index (χ4v) is 9.61. The van der Waals surface area contributed by atoms with E-state index < -0.39 is 0 Å². The second-order valence-corrected chi connectivity index (χ2v) is 17.7. The first kappa shape index (κ1) is 38.9. The fourth-order valence-electron chi connectivity index (χ4n) is 9.61. The van der Waals surface area contributed by atoms with E-state index in [-0.39, 0.29) is 5.41 Å². The number of hydrogen-bond donors (Lipinski definition) is 0. The third-order valence-corrected chi connectivity index (χ3v) is 12.7. The monoisotopic (exact) mass is 820 g/mol. The SMILES string of the molecule is CC(C)(C)c1ccc(-c2c3ccc(-n4c(-c5ccccc5)ccc4-c4ccccc4)cc3c(-c3ccccc3)c3ccc(-n4c(-c5ccccc5)ccc4-c4ccccc4)cc23)cc1. The molecule has 64 heavy (non-hydrogen) atoms. The van der Waals surface area contributed by atoms with Crippen LogP contribution in [-0.2, 0) is 5.41 Å². The lowest BCUT2D eigenvalue weighted by Gasteiger charge is -2.23. The molecule has 0 unspecified atom stereocenters. The van der Waals surface area contributed by atoms with Crippen LogP contribution in [-0.4, -0.2) is 9.13 Å². The quantitative estimate of drug-likeness (QED) is 0.135. The Morgan fingerprint density at radius 2 is 0.562 bits per heavy atom. The maximum absolute atomic E-state index is 2.44. The van der Waals surface area contributed by atoms with Gasteiger partial charge in [-0.15, -0.1) is 0 Å². The molecule has 0 amide bonds. The Labute approximate surface area is 376 Å². The summed E-state index contributed by atoms with van der Waals surface area (Å²) >= 11 is 0. The van der Waals surface area contributed by atoms with Crippen molar-refractivity contribution in [3.63, 3.8) is 0 Å². The molecule has 0 fully saturated rings. The molecule has 0 N–H and O–H groups in total. The Morgan fingerprint density at radius 1 is 0.266 bits per heavy atom. The van der Waals surface area contributed by atoms with Gasteiger partial charge in [0.05, 0.1) is 22.8 Å². The van der Waals surface area contributed by atoms with Crippen LogP contribution in [0.2, 0.25) is 0 Å². The zero-order valence-corrected chi connectivity index (χ0v) is 36.4. The average molecular weight is 821 g/mol. The van der Waals surface area contributed by atoms with Crippen LogP contribution >= 0.6 is 0 Å². The van der Waals surface area contributed by atoms with E-state index in [4.69, 9.17) is 0 Å². The molecule has 11 aromatic rings. The van der Waals surface area contributed by atoms with Crippen LogP contribution in [0.4, 0.5) is 0 Å². The molecule has 0 spiro atoms. The average Bonchev–Trinajstić information content (AvgIpc) is 4.00. The second kappa shape index (κ2) is 16.1. The van der Waals surface area contributed by atoms with Gasteiger partial charge in [0.25, 0.3) is 0 Å². The molecule has 11 rings (SSSR count). The van der Waals surface area contributed by atoms with Crippen molar-refractivity contribution >= 4 is 21.5 Å². The first-order valence-electron chi connectivity index (χ1n) is 22.3. The fraction of sp³-hybridized carbons (Fsp3) is 0.0645. The Morgan fingerprint density at radius 3 is 0.875 bits per heavy atom. The Bertz CT molecular complexity index is 3290. The van der Waals surface area contributed by atoms with Gasteiger partial charge in [-0.2, -0.15) is 0 Å². The first-order chi connectivity index (χ1) is 31.4. The Balaban J connectivity index is 1.24. The summed E-state index contributed by atoms with van der Waals surface area (Å²) < 4.78 is 4.88. The molecule has 9 aromatic carbocycles. The van der Waals surface area contributed by atoms with E-state index in [1.807, 2.05) is 0 Å². The summed E-state index contributed by atoms with van der Waals surface area (Å²) in [6, 6.07) is 86.6. The van der Waals surface area contributed by atoms with E-state index >= 15 is 0 Å². The molecule has 0 aliphatic heterocycles. The van der Waals surface area contributed by atoms with Crippen molar-refractivity contribution in [2.75, 3.05) is 0 Å². The lowest BCUT2D eigenvalue weighted by molar-refractivity contribution is 0.590. The van der Waals surface area contributed by atoms with E-state index in [2.05, 4.69) is 266 Å². The maximum Gasteiger partial charge on any atom is 0.0535 e. The van der Waals surface area contributed by atoms with Gasteiger partial charge in [-0.3, -0.25) is 0 Å². The summed E-state index contributed by atoms with van der Waals surface area (Å²) in [5.74, 6) is 0. The zero-order chi connectivity index (χ0) is 43.2. The maximum atomic E-state index is 2.44. The van der Waals surface area contributed by atoms with E-state index in [0.29, 0.717) is 0 Å². The highest BCUT2D eigenvalue weighted by Crippen LogP contribution is 2.47. The molecule has 2 aromatic heterocycles. The lowest BCUT2D eigenvalue weighted by Crippen LogP contribution is -2.10. The topological polar surface area (TPSA) is 9.86 Å². The highest BCUT2D eigenvalue weighted by atomic mass is 15.0. The van der Waals surface area contributed by atoms with Crippen molar-refractivity contribution < 1.29 is 0 Å². The minimum absolute atomic E-state index is 0.0295. The minimum atomic E-state index is 0.0295. The van der Waals surface area contributed by atoms with Crippen molar-refractivity contribution in [1.82, 2.24) is 9.13 Å². The second-order valence-electron chi connectivity index (χ2n) is 17.7. The first-order valence-corrected chi connectivity index (χ1v) is 22.3. The summed E-state index contributed by atoms with van der Waals surface area (Å²) in [5.41, 5.74) is 17.7. The van der Waals surface area contributed by atoms with Crippen molar-refractivity contribution in [3.05, 3.63) is 242 Å². The molecule has 2 nitrogen and oxygen atoms in total. The van der Waals surface area contributed by atoms with Crippen LogP contribution in [0, 0.1) is 0 Å². The van der Waals surface area contributed by atoms with E-state index in [1.165, 1.54) is 71.6 Å². The van der Waals surface area contributed by atoms with Gasteiger partial charge in [-0.05, 0) is 126 Å². The molecule has 0 aliphatic carbocycles. The van der Waals surface area contributed by atoms with Crippen LogP contribution in [0.25, 0.3) is 100 Å². The van der Waals surface area contributed by atoms with Crippen LogP contribution < -0.4 is 0 Å². The van der Waals surface area contributed by atoms with E-state index in [9.17, 15) is 0 Å². The summed E-state index contributed by atoms with van der Waals surface area (Å²) in [7, 11) is 0. The third kappa shape index (κ3) is 6.94. The molecule has 0 bridgehead atoms. The minimum Gasteiger partial charge on any atom is -0.309 e.